The van der Waals surface area contributed by atoms with Crippen molar-refractivity contribution < 1.29 is 8.42 Å². The fourth-order valence-electron chi connectivity index (χ4n) is 2.78. The van der Waals surface area contributed by atoms with Crippen LogP contribution in [0.5, 0.6) is 0 Å². The highest BCUT2D eigenvalue weighted by molar-refractivity contribution is 7.89. The molecule has 1 saturated heterocycles. The number of piperidine rings is 1. The summed E-state index contributed by atoms with van der Waals surface area (Å²) in [5.41, 5.74) is -0.209. The van der Waals surface area contributed by atoms with Gasteiger partial charge < -0.3 is 4.57 Å². The second-order valence-corrected chi connectivity index (χ2v) is 9.34. The number of rotatable bonds is 5. The van der Waals surface area contributed by atoms with Gasteiger partial charge >= 0.3 is 0 Å². The van der Waals surface area contributed by atoms with Crippen LogP contribution in [0.2, 0.25) is 0 Å². The lowest BCUT2D eigenvalue weighted by atomic mass is 9.83. The summed E-state index contributed by atoms with van der Waals surface area (Å²) in [5, 5.41) is 8.07. The van der Waals surface area contributed by atoms with Crippen molar-refractivity contribution in [1.82, 2.24) is 19.1 Å². The van der Waals surface area contributed by atoms with Crippen molar-refractivity contribution in [1.29, 1.82) is 0 Å². The third-order valence-electron chi connectivity index (χ3n) is 5.08. The highest BCUT2D eigenvalue weighted by Gasteiger charge is 2.35. The molecule has 1 aliphatic heterocycles. The molecule has 0 radical (unpaired) electrons. The van der Waals surface area contributed by atoms with E-state index in [1.807, 2.05) is 25.5 Å². The Morgan fingerprint density at radius 1 is 1.32 bits per heavy atom. The van der Waals surface area contributed by atoms with Crippen LogP contribution in [0.4, 0.5) is 0 Å². The van der Waals surface area contributed by atoms with Crippen LogP contribution >= 0.6 is 0 Å². The molecular formula is C15H28N4O2S. The van der Waals surface area contributed by atoms with Crippen molar-refractivity contribution in [2.45, 2.75) is 46.5 Å². The average molecular weight is 328 g/mol. The third kappa shape index (κ3) is 3.68. The van der Waals surface area contributed by atoms with Crippen LogP contribution < -0.4 is 0 Å². The second kappa shape index (κ2) is 6.28. The van der Waals surface area contributed by atoms with Crippen LogP contribution in [-0.2, 0) is 17.1 Å². The summed E-state index contributed by atoms with van der Waals surface area (Å²) < 4.78 is 28.9. The topological polar surface area (TPSA) is 68.1 Å². The van der Waals surface area contributed by atoms with Gasteiger partial charge in [-0.15, -0.1) is 10.2 Å². The minimum Gasteiger partial charge on any atom is -0.320 e. The zero-order valence-corrected chi connectivity index (χ0v) is 15.1. The van der Waals surface area contributed by atoms with E-state index < -0.39 is 10.0 Å². The van der Waals surface area contributed by atoms with Gasteiger partial charge in [0.15, 0.2) is 0 Å². The third-order valence-corrected chi connectivity index (χ3v) is 7.34. The maximum absolute atomic E-state index is 12.7. The smallest absolute Gasteiger partial charge is 0.214 e. The van der Waals surface area contributed by atoms with E-state index in [0.717, 1.165) is 18.7 Å². The van der Waals surface area contributed by atoms with Crippen LogP contribution in [0.15, 0.2) is 6.33 Å². The van der Waals surface area contributed by atoms with Crippen LogP contribution in [0.1, 0.15) is 52.3 Å². The first-order valence-corrected chi connectivity index (χ1v) is 9.56. The predicted molar refractivity (Wildman–Crippen MR) is 87.0 cm³/mol. The molecule has 0 amide bonds. The van der Waals surface area contributed by atoms with Crippen LogP contribution in [0, 0.1) is 11.3 Å². The van der Waals surface area contributed by atoms with E-state index in [2.05, 4.69) is 24.0 Å². The first-order chi connectivity index (χ1) is 10.1. The van der Waals surface area contributed by atoms with Gasteiger partial charge in [0.2, 0.25) is 10.0 Å². The van der Waals surface area contributed by atoms with E-state index in [-0.39, 0.29) is 11.2 Å². The Morgan fingerprint density at radius 2 is 1.91 bits per heavy atom. The van der Waals surface area contributed by atoms with E-state index in [0.29, 0.717) is 24.9 Å². The molecule has 2 heterocycles. The summed E-state index contributed by atoms with van der Waals surface area (Å²) in [6.07, 6.45) is 3.32. The lowest BCUT2D eigenvalue weighted by Gasteiger charge is -2.35. The molecule has 0 N–H and O–H groups in total. The first kappa shape index (κ1) is 17.4. The fourth-order valence-corrected chi connectivity index (χ4v) is 5.01. The zero-order chi connectivity index (χ0) is 16.5. The van der Waals surface area contributed by atoms with Gasteiger partial charge in [-0.25, -0.2) is 12.7 Å². The Balaban J connectivity index is 2.00. The molecule has 6 nitrogen and oxygen atoms in total. The van der Waals surface area contributed by atoms with Crippen molar-refractivity contribution in [2.75, 3.05) is 18.8 Å². The summed E-state index contributed by atoms with van der Waals surface area (Å²) >= 11 is 0. The van der Waals surface area contributed by atoms with Gasteiger partial charge in [0, 0.05) is 26.1 Å². The standard InChI is InChI=1S/C15H28N4O2S/c1-12(2)15(3,4)10-22(20,21)19-8-6-13(7-9-19)14-17-16-11-18(14)5/h11-13H,6-10H2,1-5H3. The van der Waals surface area contributed by atoms with Crippen molar-refractivity contribution in [3.8, 4) is 0 Å². The molecular weight excluding hydrogens is 300 g/mol. The minimum atomic E-state index is -3.20. The summed E-state index contributed by atoms with van der Waals surface area (Å²) in [6.45, 7) is 9.37. The van der Waals surface area contributed by atoms with E-state index in [9.17, 15) is 8.42 Å². The molecule has 0 bridgehead atoms. The van der Waals surface area contributed by atoms with Gasteiger partial charge in [0.05, 0.1) is 5.75 Å². The molecule has 1 fully saturated rings. The summed E-state index contributed by atoms with van der Waals surface area (Å²) in [4.78, 5) is 0. The monoisotopic (exact) mass is 328 g/mol. The van der Waals surface area contributed by atoms with Crippen molar-refractivity contribution in [3.05, 3.63) is 12.2 Å². The summed E-state index contributed by atoms with van der Waals surface area (Å²) in [6, 6.07) is 0. The van der Waals surface area contributed by atoms with E-state index in [1.165, 1.54) is 0 Å². The van der Waals surface area contributed by atoms with Gasteiger partial charge in [-0.2, -0.15) is 0 Å². The summed E-state index contributed by atoms with van der Waals surface area (Å²) in [7, 11) is -1.26. The molecule has 7 heteroatoms. The van der Waals surface area contributed by atoms with Crippen LogP contribution in [0.3, 0.4) is 0 Å². The summed E-state index contributed by atoms with van der Waals surface area (Å²) in [5.74, 6) is 1.81. The fraction of sp³-hybridized carbons (Fsp3) is 0.867. The van der Waals surface area contributed by atoms with E-state index in [1.54, 1.807) is 10.6 Å². The average Bonchev–Trinajstić information content (AvgIpc) is 2.84. The number of nitrogens with zero attached hydrogens (tertiary/aromatic N) is 4. The lowest BCUT2D eigenvalue weighted by molar-refractivity contribution is 0.268. The lowest BCUT2D eigenvalue weighted by Crippen LogP contribution is -2.43. The highest BCUT2D eigenvalue weighted by Crippen LogP contribution is 2.32. The van der Waals surface area contributed by atoms with E-state index >= 15 is 0 Å². The molecule has 0 spiro atoms. The number of hydrogen-bond donors (Lipinski definition) is 0. The minimum absolute atomic E-state index is 0.209. The highest BCUT2D eigenvalue weighted by atomic mass is 32.2. The Hall–Kier alpha value is -0.950. The normalized spacial score (nSPS) is 19.0. The molecule has 2 rings (SSSR count). The molecule has 0 saturated carbocycles. The quantitative estimate of drug-likeness (QED) is 0.829. The molecule has 1 aromatic rings. The molecule has 0 aliphatic carbocycles. The Kier molecular flexibility index (Phi) is 4.96. The Bertz CT molecular complexity index is 599. The maximum atomic E-state index is 12.7. The largest absolute Gasteiger partial charge is 0.320 e. The van der Waals surface area contributed by atoms with Crippen molar-refractivity contribution >= 4 is 10.0 Å². The van der Waals surface area contributed by atoms with Gasteiger partial charge in [-0.3, -0.25) is 0 Å². The second-order valence-electron chi connectivity index (χ2n) is 7.37. The SMILES string of the molecule is CC(C)C(C)(C)CS(=O)(=O)N1CCC(c2nncn2C)CC1. The molecule has 1 aliphatic rings. The molecule has 0 aromatic carbocycles. The van der Waals surface area contributed by atoms with Crippen molar-refractivity contribution in [3.63, 3.8) is 0 Å². The number of aromatic nitrogens is 3. The molecule has 0 unspecified atom stereocenters. The maximum Gasteiger partial charge on any atom is 0.214 e. The van der Waals surface area contributed by atoms with Gasteiger partial charge in [0.25, 0.3) is 0 Å². The molecule has 22 heavy (non-hydrogen) atoms. The van der Waals surface area contributed by atoms with Crippen molar-refractivity contribution in [2.24, 2.45) is 18.4 Å². The Morgan fingerprint density at radius 3 is 2.36 bits per heavy atom. The van der Waals surface area contributed by atoms with Gasteiger partial charge in [0.1, 0.15) is 12.2 Å². The predicted octanol–water partition coefficient (Wildman–Crippen LogP) is 2.01. The zero-order valence-electron chi connectivity index (χ0n) is 14.3. The number of hydrogen-bond acceptors (Lipinski definition) is 4. The van der Waals surface area contributed by atoms with Gasteiger partial charge in [-0.1, -0.05) is 27.7 Å². The molecule has 0 atom stereocenters. The molecule has 126 valence electrons. The van der Waals surface area contributed by atoms with Crippen LogP contribution in [-0.4, -0.2) is 46.3 Å². The number of sulfonamides is 1. The molecule has 1 aromatic heterocycles. The Labute approximate surface area is 134 Å². The van der Waals surface area contributed by atoms with Gasteiger partial charge in [-0.05, 0) is 24.2 Å². The van der Waals surface area contributed by atoms with Crippen LogP contribution in [0.25, 0.3) is 0 Å². The first-order valence-electron chi connectivity index (χ1n) is 7.95. The van der Waals surface area contributed by atoms with E-state index in [4.69, 9.17) is 0 Å². The number of aryl methyl sites for hydroxylation is 1.